The zero-order valence-corrected chi connectivity index (χ0v) is 37.2. The molecule has 5 heteroatoms. The molecular formula is C56H72O5. The SMILES string of the molecule is CCC=CCC=CCC=CCCCCCCCCc1ccc2c(c1CCCCCCCCC=CCC=CCC=CCC)C(=O)OC21c2ccc(O)cc2Oc2cc(O)ccc21. The van der Waals surface area contributed by atoms with Crippen LogP contribution in [0.5, 0.6) is 23.0 Å². The van der Waals surface area contributed by atoms with Crippen molar-refractivity contribution in [1.82, 2.24) is 0 Å². The Labute approximate surface area is 367 Å². The summed E-state index contributed by atoms with van der Waals surface area (Å²) in [5.41, 5.74) is 3.95. The van der Waals surface area contributed by atoms with E-state index in [0.29, 0.717) is 28.2 Å². The van der Waals surface area contributed by atoms with Crippen LogP contribution < -0.4 is 4.74 Å². The van der Waals surface area contributed by atoms with E-state index in [-0.39, 0.29) is 17.5 Å². The number of carbonyl (C=O) groups excluding carboxylic acids is 1. The van der Waals surface area contributed by atoms with Crippen molar-refractivity contribution in [3.8, 4) is 23.0 Å². The van der Waals surface area contributed by atoms with E-state index in [4.69, 9.17) is 9.47 Å². The van der Waals surface area contributed by atoms with E-state index in [1.54, 1.807) is 36.4 Å². The van der Waals surface area contributed by atoms with Gasteiger partial charge in [-0.2, -0.15) is 0 Å². The highest BCUT2D eigenvalue weighted by molar-refractivity contribution is 5.99. The molecule has 326 valence electrons. The van der Waals surface area contributed by atoms with Gasteiger partial charge in [-0.15, -0.1) is 0 Å². The molecule has 3 aromatic rings. The van der Waals surface area contributed by atoms with E-state index in [1.165, 1.54) is 63.4 Å². The highest BCUT2D eigenvalue weighted by atomic mass is 16.6. The first kappa shape index (κ1) is 47.0. The predicted molar refractivity (Wildman–Crippen MR) is 254 cm³/mol. The van der Waals surface area contributed by atoms with Crippen molar-refractivity contribution in [2.45, 2.75) is 161 Å². The van der Waals surface area contributed by atoms with Gasteiger partial charge in [0.15, 0.2) is 5.60 Å². The molecule has 61 heavy (non-hydrogen) atoms. The molecule has 0 bridgehead atoms. The predicted octanol–water partition coefficient (Wildman–Crippen LogP) is 15.9. The lowest BCUT2D eigenvalue weighted by molar-refractivity contribution is 0.0223. The van der Waals surface area contributed by atoms with Crippen LogP contribution >= 0.6 is 0 Å². The molecule has 0 saturated heterocycles. The Kier molecular flexibility index (Phi) is 20.3. The van der Waals surface area contributed by atoms with Gasteiger partial charge in [-0.05, 0) is 125 Å². The largest absolute Gasteiger partial charge is 0.508 e. The minimum absolute atomic E-state index is 0.0556. The molecule has 5 nitrogen and oxygen atoms in total. The highest BCUT2D eigenvalue weighted by Gasteiger charge is 2.54. The van der Waals surface area contributed by atoms with Gasteiger partial charge in [0.2, 0.25) is 0 Å². The maximum absolute atomic E-state index is 14.3. The fraction of sp³-hybridized carbons (Fsp3) is 0.446. The number of carbonyl (C=O) groups is 1. The number of hydrogen-bond acceptors (Lipinski definition) is 5. The van der Waals surface area contributed by atoms with Crippen molar-refractivity contribution < 1.29 is 24.5 Å². The third-order valence-corrected chi connectivity index (χ3v) is 11.8. The van der Waals surface area contributed by atoms with Crippen molar-refractivity contribution in [2.75, 3.05) is 0 Å². The quantitative estimate of drug-likeness (QED) is 0.0433. The zero-order chi connectivity index (χ0) is 43.0. The third kappa shape index (κ3) is 14.0. The molecule has 0 amide bonds. The van der Waals surface area contributed by atoms with E-state index in [0.717, 1.165) is 94.6 Å². The van der Waals surface area contributed by atoms with Crippen LogP contribution in [0, 0.1) is 0 Å². The fourth-order valence-corrected chi connectivity index (χ4v) is 8.63. The Bertz CT molecular complexity index is 1940. The summed E-state index contributed by atoms with van der Waals surface area (Å²) in [6, 6.07) is 14.2. The van der Waals surface area contributed by atoms with E-state index in [2.05, 4.69) is 98.9 Å². The molecule has 2 N–H and O–H groups in total. The number of hydrogen-bond donors (Lipinski definition) is 2. The Morgan fingerprint density at radius 2 is 0.918 bits per heavy atom. The van der Waals surface area contributed by atoms with Crippen molar-refractivity contribution >= 4 is 5.97 Å². The van der Waals surface area contributed by atoms with Gasteiger partial charge in [-0.3, -0.25) is 0 Å². The van der Waals surface area contributed by atoms with Crippen LogP contribution in [-0.4, -0.2) is 16.2 Å². The van der Waals surface area contributed by atoms with Crippen LogP contribution in [0.2, 0.25) is 0 Å². The van der Waals surface area contributed by atoms with Gasteiger partial charge in [0.1, 0.15) is 23.0 Å². The second kappa shape index (κ2) is 26.3. The Morgan fingerprint density at radius 1 is 0.492 bits per heavy atom. The van der Waals surface area contributed by atoms with Gasteiger partial charge in [0.05, 0.1) is 5.56 Å². The van der Waals surface area contributed by atoms with Crippen molar-refractivity contribution in [1.29, 1.82) is 0 Å². The Balaban J connectivity index is 1.18. The molecule has 0 atom stereocenters. The number of aryl methyl sites for hydroxylation is 1. The minimum atomic E-state index is -1.24. The number of allylic oxidation sites excluding steroid dienone is 12. The first-order valence-corrected chi connectivity index (χ1v) is 23.6. The van der Waals surface area contributed by atoms with Crippen LogP contribution in [0.15, 0.2) is 121 Å². The van der Waals surface area contributed by atoms with E-state index in [1.807, 2.05) is 0 Å². The van der Waals surface area contributed by atoms with Gasteiger partial charge < -0.3 is 19.7 Å². The number of benzene rings is 3. The lowest BCUT2D eigenvalue weighted by Crippen LogP contribution is -2.32. The summed E-state index contributed by atoms with van der Waals surface area (Å²) in [5.74, 6) is 0.607. The average molecular weight is 825 g/mol. The Hall–Kier alpha value is -5.03. The summed E-state index contributed by atoms with van der Waals surface area (Å²) in [6.07, 6.45) is 51.6. The maximum atomic E-state index is 14.3. The molecule has 0 aliphatic carbocycles. The van der Waals surface area contributed by atoms with Crippen LogP contribution in [0.3, 0.4) is 0 Å². The second-order valence-corrected chi connectivity index (χ2v) is 16.6. The number of phenolic OH excluding ortho intramolecular Hbond substituents is 2. The number of unbranched alkanes of at least 4 members (excludes halogenated alkanes) is 12. The van der Waals surface area contributed by atoms with Crippen LogP contribution in [0.1, 0.15) is 180 Å². The molecule has 0 aromatic heterocycles. The molecule has 0 fully saturated rings. The summed E-state index contributed by atoms with van der Waals surface area (Å²) in [5, 5.41) is 20.8. The average Bonchev–Trinajstić information content (AvgIpc) is 3.55. The molecule has 2 aliphatic heterocycles. The van der Waals surface area contributed by atoms with Crippen molar-refractivity contribution in [3.05, 3.63) is 155 Å². The second-order valence-electron chi connectivity index (χ2n) is 16.6. The third-order valence-electron chi connectivity index (χ3n) is 11.8. The number of phenols is 2. The molecule has 0 saturated carbocycles. The first-order valence-electron chi connectivity index (χ1n) is 23.6. The van der Waals surface area contributed by atoms with Crippen LogP contribution in [-0.2, 0) is 23.2 Å². The van der Waals surface area contributed by atoms with Crippen molar-refractivity contribution in [2.24, 2.45) is 0 Å². The normalized spacial score (nSPS) is 14.4. The van der Waals surface area contributed by atoms with Gasteiger partial charge >= 0.3 is 5.97 Å². The summed E-state index contributed by atoms with van der Waals surface area (Å²) < 4.78 is 12.8. The van der Waals surface area contributed by atoms with Gasteiger partial charge in [0.25, 0.3) is 0 Å². The molecule has 0 unspecified atom stereocenters. The summed E-state index contributed by atoms with van der Waals surface area (Å²) in [4.78, 5) is 14.3. The van der Waals surface area contributed by atoms with Crippen LogP contribution in [0.4, 0.5) is 0 Å². The lowest BCUT2D eigenvalue weighted by atomic mass is 9.76. The van der Waals surface area contributed by atoms with E-state index < -0.39 is 5.60 Å². The summed E-state index contributed by atoms with van der Waals surface area (Å²) in [7, 11) is 0. The van der Waals surface area contributed by atoms with Crippen molar-refractivity contribution in [3.63, 3.8) is 0 Å². The minimum Gasteiger partial charge on any atom is -0.508 e. The van der Waals surface area contributed by atoms with Gasteiger partial charge in [0, 0.05) is 28.8 Å². The number of rotatable bonds is 28. The monoisotopic (exact) mass is 825 g/mol. The van der Waals surface area contributed by atoms with E-state index in [9.17, 15) is 15.0 Å². The molecule has 0 radical (unpaired) electrons. The van der Waals surface area contributed by atoms with E-state index >= 15 is 0 Å². The maximum Gasteiger partial charge on any atom is 0.340 e. The molecule has 2 heterocycles. The molecule has 1 spiro atoms. The summed E-state index contributed by atoms with van der Waals surface area (Å²) >= 11 is 0. The number of esters is 1. The Morgan fingerprint density at radius 3 is 1.43 bits per heavy atom. The smallest absolute Gasteiger partial charge is 0.340 e. The molecule has 2 aliphatic rings. The van der Waals surface area contributed by atoms with Gasteiger partial charge in [-0.25, -0.2) is 4.79 Å². The topological polar surface area (TPSA) is 76.0 Å². The number of fused-ring (bicyclic) bond motifs is 6. The fourth-order valence-electron chi connectivity index (χ4n) is 8.63. The van der Waals surface area contributed by atoms with Gasteiger partial charge in [-0.1, -0.05) is 150 Å². The number of aromatic hydroxyl groups is 2. The highest BCUT2D eigenvalue weighted by Crippen LogP contribution is 2.57. The standard InChI is InChI=1S/C56H72O5/c1-3-5-7-9-11-13-15-17-19-21-23-25-27-29-31-33-35-45-37-40-51-54(48(45)36-34-32-30-28-26-24-22-20-18-16-14-12-10-8-6-4-2)55(59)61-56(51)49-41-38-46(57)43-52(49)60-53-44-47(58)39-42-50(53)56/h5-8,11-14,17-20,37-44,57-58H,3-4,9-10,15-16,21-36H2,1-2H3. The molecule has 5 rings (SSSR count). The molecule has 3 aromatic carbocycles. The zero-order valence-electron chi connectivity index (χ0n) is 37.2. The van der Waals surface area contributed by atoms with Crippen LogP contribution in [0.25, 0.3) is 0 Å². The summed E-state index contributed by atoms with van der Waals surface area (Å²) in [6.45, 7) is 4.33. The lowest BCUT2D eigenvalue weighted by Gasteiger charge is -2.36. The number of ether oxygens (including phenoxy) is 2. The first-order chi connectivity index (χ1) is 30.0. The molecular weight excluding hydrogens is 753 g/mol.